The number of carbonyl (C=O) groups is 1. The highest BCUT2D eigenvalue weighted by Crippen LogP contribution is 2.26. The van der Waals surface area contributed by atoms with Crippen molar-refractivity contribution in [2.75, 3.05) is 26.2 Å². The number of aromatic nitrogens is 1. The molecule has 0 atom stereocenters. The first-order chi connectivity index (χ1) is 11.0. The van der Waals surface area contributed by atoms with Gasteiger partial charge in [-0.1, -0.05) is 34.4 Å². The normalized spacial score (nSPS) is 15.9. The summed E-state index contributed by atoms with van der Waals surface area (Å²) in [5, 5.41) is 4.61. The van der Waals surface area contributed by atoms with Crippen LogP contribution in [0.25, 0.3) is 0 Å². The van der Waals surface area contributed by atoms with E-state index in [0.717, 1.165) is 24.5 Å². The van der Waals surface area contributed by atoms with Gasteiger partial charge in [-0.15, -0.1) is 0 Å². The molecule has 0 radical (unpaired) electrons. The van der Waals surface area contributed by atoms with E-state index in [4.69, 9.17) is 27.7 Å². The molecule has 122 valence electrons. The average molecular weight is 354 g/mol. The van der Waals surface area contributed by atoms with Gasteiger partial charge in [0.1, 0.15) is 0 Å². The van der Waals surface area contributed by atoms with Gasteiger partial charge in [0.05, 0.1) is 27.8 Å². The molecular weight excluding hydrogens is 337 g/mol. The molecular formula is C16H17Cl2N3O2. The zero-order chi connectivity index (χ0) is 16.4. The van der Waals surface area contributed by atoms with Gasteiger partial charge in [-0.3, -0.25) is 9.69 Å². The predicted octanol–water partition coefficient (Wildman–Crippen LogP) is 3.25. The molecule has 0 saturated carbocycles. The number of hydrogen-bond acceptors (Lipinski definition) is 4. The zero-order valence-corrected chi connectivity index (χ0v) is 14.3. The molecule has 0 unspecified atom stereocenters. The quantitative estimate of drug-likeness (QED) is 0.849. The van der Waals surface area contributed by atoms with Gasteiger partial charge >= 0.3 is 0 Å². The van der Waals surface area contributed by atoms with Crippen molar-refractivity contribution in [3.05, 3.63) is 51.3 Å². The van der Waals surface area contributed by atoms with Crippen LogP contribution in [0.5, 0.6) is 0 Å². The Morgan fingerprint density at radius 2 is 2.00 bits per heavy atom. The fourth-order valence-electron chi connectivity index (χ4n) is 2.66. The highest BCUT2D eigenvalue weighted by atomic mass is 35.5. The molecule has 5 nitrogen and oxygen atoms in total. The first kappa shape index (κ1) is 16.3. The van der Waals surface area contributed by atoms with Crippen LogP contribution < -0.4 is 0 Å². The second kappa shape index (κ2) is 6.91. The molecule has 0 N–H and O–H groups in total. The topological polar surface area (TPSA) is 49.6 Å². The van der Waals surface area contributed by atoms with E-state index >= 15 is 0 Å². The third-order valence-electron chi connectivity index (χ3n) is 3.90. The molecule has 1 saturated heterocycles. The molecule has 23 heavy (non-hydrogen) atoms. The van der Waals surface area contributed by atoms with E-state index in [0.29, 0.717) is 35.2 Å². The minimum absolute atomic E-state index is 0.0762. The molecule has 1 amide bonds. The maximum atomic E-state index is 12.6. The lowest BCUT2D eigenvalue weighted by Gasteiger charge is -2.34. The Morgan fingerprint density at radius 1 is 1.26 bits per heavy atom. The number of hydrogen-bond donors (Lipinski definition) is 0. The number of halogens is 2. The summed E-state index contributed by atoms with van der Waals surface area (Å²) in [6.45, 7) is 5.47. The van der Waals surface area contributed by atoms with Crippen molar-refractivity contribution in [3.63, 3.8) is 0 Å². The van der Waals surface area contributed by atoms with E-state index in [1.165, 1.54) is 0 Å². The predicted molar refractivity (Wildman–Crippen MR) is 88.9 cm³/mol. The molecule has 0 spiro atoms. The molecule has 7 heteroatoms. The monoisotopic (exact) mass is 353 g/mol. The van der Waals surface area contributed by atoms with Crippen LogP contribution in [0.4, 0.5) is 0 Å². The number of rotatable bonds is 3. The number of carbonyl (C=O) groups excluding carboxylic acids is 1. The van der Waals surface area contributed by atoms with Gasteiger partial charge in [0.15, 0.2) is 5.76 Å². The van der Waals surface area contributed by atoms with Crippen molar-refractivity contribution in [1.82, 2.24) is 15.0 Å². The lowest BCUT2D eigenvalue weighted by atomic mass is 10.1. The van der Waals surface area contributed by atoms with Gasteiger partial charge < -0.3 is 9.42 Å². The SMILES string of the molecule is Cc1cc(CN2CCN(C(=O)c3cccc(Cl)c3Cl)CC2)on1. The van der Waals surface area contributed by atoms with E-state index in [1.54, 1.807) is 23.1 Å². The number of benzene rings is 1. The first-order valence-corrected chi connectivity index (χ1v) is 8.18. The number of amides is 1. The molecule has 0 bridgehead atoms. The van der Waals surface area contributed by atoms with Crippen molar-refractivity contribution in [2.24, 2.45) is 0 Å². The maximum absolute atomic E-state index is 12.6. The molecule has 1 aliphatic rings. The molecule has 0 aliphatic carbocycles. The van der Waals surface area contributed by atoms with Gasteiger partial charge in [-0.2, -0.15) is 0 Å². The standard InChI is InChI=1S/C16H17Cl2N3O2/c1-11-9-12(23-19-11)10-20-5-7-21(8-6-20)16(22)13-3-2-4-14(17)15(13)18/h2-4,9H,5-8,10H2,1H3. The fourth-order valence-corrected chi connectivity index (χ4v) is 3.04. The summed E-state index contributed by atoms with van der Waals surface area (Å²) in [6, 6.07) is 7.06. The Balaban J connectivity index is 1.60. The average Bonchev–Trinajstić information content (AvgIpc) is 2.95. The largest absolute Gasteiger partial charge is 0.360 e. The van der Waals surface area contributed by atoms with E-state index in [2.05, 4.69) is 10.1 Å². The third-order valence-corrected chi connectivity index (χ3v) is 4.72. The first-order valence-electron chi connectivity index (χ1n) is 7.42. The third kappa shape index (κ3) is 3.68. The molecule has 3 rings (SSSR count). The Morgan fingerprint density at radius 3 is 2.65 bits per heavy atom. The molecule has 1 aromatic carbocycles. The van der Waals surface area contributed by atoms with Crippen LogP contribution in [0.2, 0.25) is 10.0 Å². The van der Waals surface area contributed by atoms with E-state index in [1.807, 2.05) is 13.0 Å². The van der Waals surface area contributed by atoms with Crippen LogP contribution in [0.3, 0.4) is 0 Å². The van der Waals surface area contributed by atoms with E-state index in [-0.39, 0.29) is 5.91 Å². The van der Waals surface area contributed by atoms with Crippen LogP contribution in [0.1, 0.15) is 21.8 Å². The number of nitrogens with zero attached hydrogens (tertiary/aromatic N) is 3. The van der Waals surface area contributed by atoms with Gasteiger partial charge in [0.2, 0.25) is 0 Å². The molecule has 1 aliphatic heterocycles. The minimum Gasteiger partial charge on any atom is -0.360 e. The van der Waals surface area contributed by atoms with Crippen LogP contribution in [0.15, 0.2) is 28.8 Å². The summed E-state index contributed by atoms with van der Waals surface area (Å²) in [5.41, 5.74) is 1.34. The van der Waals surface area contributed by atoms with Crippen LogP contribution in [-0.4, -0.2) is 47.0 Å². The summed E-state index contributed by atoms with van der Waals surface area (Å²) >= 11 is 12.1. The second-order valence-corrected chi connectivity index (χ2v) is 6.39. The number of aryl methyl sites for hydroxylation is 1. The number of piperazine rings is 1. The van der Waals surface area contributed by atoms with Crippen LogP contribution in [0, 0.1) is 6.92 Å². The van der Waals surface area contributed by atoms with Gasteiger partial charge in [-0.05, 0) is 19.1 Å². The highest BCUT2D eigenvalue weighted by molar-refractivity contribution is 6.43. The summed E-state index contributed by atoms with van der Waals surface area (Å²) in [4.78, 5) is 16.6. The Kier molecular flexibility index (Phi) is 4.90. The smallest absolute Gasteiger partial charge is 0.255 e. The van der Waals surface area contributed by atoms with E-state index < -0.39 is 0 Å². The van der Waals surface area contributed by atoms with Crippen LogP contribution >= 0.6 is 23.2 Å². The molecule has 1 aromatic heterocycles. The van der Waals surface area contributed by atoms with Crippen molar-refractivity contribution in [3.8, 4) is 0 Å². The highest BCUT2D eigenvalue weighted by Gasteiger charge is 2.24. The van der Waals surface area contributed by atoms with Crippen LogP contribution in [-0.2, 0) is 6.54 Å². The molecule has 2 heterocycles. The van der Waals surface area contributed by atoms with Gasteiger partial charge in [0.25, 0.3) is 5.91 Å². The maximum Gasteiger partial charge on any atom is 0.255 e. The summed E-state index contributed by atoms with van der Waals surface area (Å²) in [6.07, 6.45) is 0. The van der Waals surface area contributed by atoms with Gasteiger partial charge in [-0.25, -0.2) is 0 Å². The Labute approximate surface area is 144 Å². The lowest BCUT2D eigenvalue weighted by molar-refractivity contribution is 0.0617. The summed E-state index contributed by atoms with van der Waals surface area (Å²) < 4.78 is 5.24. The van der Waals surface area contributed by atoms with Crippen molar-refractivity contribution in [2.45, 2.75) is 13.5 Å². The van der Waals surface area contributed by atoms with Crippen molar-refractivity contribution < 1.29 is 9.32 Å². The zero-order valence-electron chi connectivity index (χ0n) is 12.8. The Bertz CT molecular complexity index is 709. The molecule has 2 aromatic rings. The summed E-state index contributed by atoms with van der Waals surface area (Å²) in [5.74, 6) is 0.771. The van der Waals surface area contributed by atoms with Gasteiger partial charge in [0, 0.05) is 32.2 Å². The Hall–Kier alpha value is -1.56. The minimum atomic E-state index is -0.0762. The summed E-state index contributed by atoms with van der Waals surface area (Å²) in [7, 11) is 0. The van der Waals surface area contributed by atoms with E-state index in [9.17, 15) is 4.79 Å². The lowest BCUT2D eigenvalue weighted by Crippen LogP contribution is -2.48. The fraction of sp³-hybridized carbons (Fsp3) is 0.375. The second-order valence-electron chi connectivity index (χ2n) is 5.60. The van der Waals surface area contributed by atoms with Crippen molar-refractivity contribution in [1.29, 1.82) is 0 Å². The van der Waals surface area contributed by atoms with Crippen molar-refractivity contribution >= 4 is 29.1 Å². The molecule has 1 fully saturated rings.